The minimum Gasteiger partial charge on any atom is -0.389 e. The topological polar surface area (TPSA) is 32.3 Å². The van der Waals surface area contributed by atoms with E-state index < -0.39 is 5.60 Å². The van der Waals surface area contributed by atoms with Gasteiger partial charge in [0, 0.05) is 33.1 Å². The fourth-order valence-electron chi connectivity index (χ4n) is 2.77. The van der Waals surface area contributed by atoms with Crippen LogP contribution in [0.2, 0.25) is 0 Å². The Balaban J connectivity index is 2.03. The van der Waals surface area contributed by atoms with Crippen molar-refractivity contribution < 1.29 is 5.11 Å². The van der Waals surface area contributed by atoms with Crippen LogP contribution in [0.3, 0.4) is 0 Å². The SMILES string of the molecule is CNCC(C)(O)Cc1ccc2sc3ccccc3c2c1. The van der Waals surface area contributed by atoms with E-state index in [1.165, 1.54) is 25.7 Å². The van der Waals surface area contributed by atoms with Crippen LogP contribution in [0.1, 0.15) is 12.5 Å². The predicted molar refractivity (Wildman–Crippen MR) is 87.6 cm³/mol. The highest BCUT2D eigenvalue weighted by Crippen LogP contribution is 2.34. The zero-order valence-electron chi connectivity index (χ0n) is 11.8. The molecule has 3 rings (SSSR count). The largest absolute Gasteiger partial charge is 0.389 e. The summed E-state index contributed by atoms with van der Waals surface area (Å²) in [6.07, 6.45) is 0.661. The summed E-state index contributed by atoms with van der Waals surface area (Å²) in [7, 11) is 1.87. The van der Waals surface area contributed by atoms with Crippen LogP contribution in [-0.4, -0.2) is 24.3 Å². The van der Waals surface area contributed by atoms with Crippen LogP contribution in [0, 0.1) is 0 Å². The molecular formula is C17H19NOS. The van der Waals surface area contributed by atoms with Gasteiger partial charge in [0.2, 0.25) is 0 Å². The molecule has 1 heterocycles. The summed E-state index contributed by atoms with van der Waals surface area (Å²) < 4.78 is 2.63. The monoisotopic (exact) mass is 285 g/mol. The predicted octanol–water partition coefficient (Wildman–Crippen LogP) is 3.57. The maximum atomic E-state index is 10.3. The number of hydrogen-bond acceptors (Lipinski definition) is 3. The molecule has 2 nitrogen and oxygen atoms in total. The highest BCUT2D eigenvalue weighted by molar-refractivity contribution is 7.25. The summed E-state index contributed by atoms with van der Waals surface area (Å²) in [5, 5.41) is 16.0. The lowest BCUT2D eigenvalue weighted by Gasteiger charge is -2.22. The Morgan fingerprint density at radius 3 is 2.65 bits per heavy atom. The standard InChI is InChI=1S/C17H19NOS/c1-17(19,11-18-2)10-12-7-8-16-14(9-12)13-5-3-4-6-15(13)20-16/h3-9,18-19H,10-11H2,1-2H3. The van der Waals surface area contributed by atoms with E-state index in [-0.39, 0.29) is 0 Å². The van der Waals surface area contributed by atoms with Crippen LogP contribution >= 0.6 is 11.3 Å². The summed E-state index contributed by atoms with van der Waals surface area (Å²) >= 11 is 1.82. The Morgan fingerprint density at radius 1 is 1.10 bits per heavy atom. The molecule has 0 saturated carbocycles. The van der Waals surface area contributed by atoms with E-state index >= 15 is 0 Å². The summed E-state index contributed by atoms with van der Waals surface area (Å²) in [6.45, 7) is 2.47. The average Bonchev–Trinajstić information content (AvgIpc) is 2.76. The summed E-state index contributed by atoms with van der Waals surface area (Å²) in [4.78, 5) is 0. The second kappa shape index (κ2) is 5.17. The highest BCUT2D eigenvalue weighted by atomic mass is 32.1. The van der Waals surface area contributed by atoms with Gasteiger partial charge in [-0.3, -0.25) is 0 Å². The smallest absolute Gasteiger partial charge is 0.0783 e. The molecular weight excluding hydrogens is 266 g/mol. The van der Waals surface area contributed by atoms with Gasteiger partial charge >= 0.3 is 0 Å². The molecule has 0 bridgehead atoms. The van der Waals surface area contributed by atoms with E-state index in [0.29, 0.717) is 13.0 Å². The lowest BCUT2D eigenvalue weighted by atomic mass is 9.95. The van der Waals surface area contributed by atoms with Crippen LogP contribution in [0.25, 0.3) is 20.2 Å². The van der Waals surface area contributed by atoms with Crippen molar-refractivity contribution in [1.29, 1.82) is 0 Å². The van der Waals surface area contributed by atoms with Crippen molar-refractivity contribution in [3.05, 3.63) is 48.0 Å². The average molecular weight is 285 g/mol. The van der Waals surface area contributed by atoms with E-state index in [1.54, 1.807) is 0 Å². The van der Waals surface area contributed by atoms with Gasteiger partial charge in [-0.25, -0.2) is 0 Å². The molecule has 20 heavy (non-hydrogen) atoms. The number of benzene rings is 2. The van der Waals surface area contributed by atoms with Crippen LogP contribution < -0.4 is 5.32 Å². The second-order valence-corrected chi connectivity index (χ2v) is 6.72. The summed E-state index contributed by atoms with van der Waals surface area (Å²) in [5.41, 5.74) is 0.468. The highest BCUT2D eigenvalue weighted by Gasteiger charge is 2.20. The Bertz CT molecular complexity index is 745. The number of hydrogen-bond donors (Lipinski definition) is 2. The summed E-state index contributed by atoms with van der Waals surface area (Å²) in [6, 6.07) is 15.0. The first-order chi connectivity index (χ1) is 9.59. The molecule has 3 heteroatoms. The number of fused-ring (bicyclic) bond motifs is 3. The van der Waals surface area contributed by atoms with E-state index in [4.69, 9.17) is 0 Å². The third kappa shape index (κ3) is 2.57. The molecule has 0 amide bonds. The van der Waals surface area contributed by atoms with Gasteiger partial charge in [-0.05, 0) is 37.7 Å². The van der Waals surface area contributed by atoms with Gasteiger partial charge in [-0.1, -0.05) is 24.3 Å². The molecule has 104 valence electrons. The van der Waals surface area contributed by atoms with Crippen molar-refractivity contribution in [2.24, 2.45) is 0 Å². The fraction of sp³-hybridized carbons (Fsp3) is 0.294. The molecule has 2 aromatic carbocycles. The van der Waals surface area contributed by atoms with Crippen molar-refractivity contribution in [2.45, 2.75) is 18.9 Å². The third-order valence-electron chi connectivity index (χ3n) is 3.58. The van der Waals surface area contributed by atoms with Gasteiger partial charge < -0.3 is 10.4 Å². The lowest BCUT2D eigenvalue weighted by molar-refractivity contribution is 0.0623. The minimum absolute atomic E-state index is 0.593. The Kier molecular flexibility index (Phi) is 3.50. The molecule has 0 saturated heterocycles. The van der Waals surface area contributed by atoms with Gasteiger partial charge in [0.15, 0.2) is 0 Å². The molecule has 3 aromatic rings. The van der Waals surface area contributed by atoms with E-state index in [2.05, 4.69) is 47.8 Å². The quantitative estimate of drug-likeness (QED) is 0.768. The molecule has 0 aliphatic heterocycles. The van der Waals surface area contributed by atoms with Gasteiger partial charge in [-0.2, -0.15) is 0 Å². The van der Waals surface area contributed by atoms with Gasteiger partial charge in [0.05, 0.1) is 5.60 Å². The van der Waals surface area contributed by atoms with Crippen molar-refractivity contribution in [3.63, 3.8) is 0 Å². The molecule has 1 atom stereocenters. The zero-order chi connectivity index (χ0) is 14.2. The van der Waals surface area contributed by atoms with Crippen molar-refractivity contribution >= 4 is 31.5 Å². The first kappa shape index (κ1) is 13.6. The number of likely N-dealkylation sites (N-methyl/N-ethyl adjacent to an activating group) is 1. The van der Waals surface area contributed by atoms with Crippen LogP contribution in [0.5, 0.6) is 0 Å². The molecule has 2 N–H and O–H groups in total. The van der Waals surface area contributed by atoms with E-state index in [0.717, 1.165) is 0 Å². The maximum Gasteiger partial charge on any atom is 0.0783 e. The lowest BCUT2D eigenvalue weighted by Crippen LogP contribution is -2.38. The minimum atomic E-state index is -0.714. The second-order valence-electron chi connectivity index (χ2n) is 5.63. The molecule has 0 aliphatic carbocycles. The Hall–Kier alpha value is -1.42. The van der Waals surface area contributed by atoms with Gasteiger partial charge in [-0.15, -0.1) is 11.3 Å². The molecule has 0 spiro atoms. The van der Waals surface area contributed by atoms with E-state index in [1.807, 2.05) is 25.3 Å². The van der Waals surface area contributed by atoms with Crippen LogP contribution in [0.4, 0.5) is 0 Å². The molecule has 1 unspecified atom stereocenters. The van der Waals surface area contributed by atoms with Gasteiger partial charge in [0.25, 0.3) is 0 Å². The Morgan fingerprint density at radius 2 is 1.85 bits per heavy atom. The van der Waals surface area contributed by atoms with Crippen molar-refractivity contribution in [1.82, 2.24) is 5.32 Å². The van der Waals surface area contributed by atoms with Crippen molar-refractivity contribution in [2.75, 3.05) is 13.6 Å². The number of nitrogens with one attached hydrogen (secondary N) is 1. The molecule has 0 fully saturated rings. The number of rotatable bonds is 4. The third-order valence-corrected chi connectivity index (χ3v) is 4.74. The fourth-order valence-corrected chi connectivity index (χ4v) is 3.85. The summed E-state index contributed by atoms with van der Waals surface area (Å²) in [5.74, 6) is 0. The normalized spacial score (nSPS) is 14.8. The molecule has 1 aromatic heterocycles. The van der Waals surface area contributed by atoms with E-state index in [9.17, 15) is 5.11 Å². The van der Waals surface area contributed by atoms with Crippen LogP contribution in [0.15, 0.2) is 42.5 Å². The zero-order valence-corrected chi connectivity index (χ0v) is 12.6. The maximum absolute atomic E-state index is 10.3. The molecule has 0 radical (unpaired) electrons. The number of thiophene rings is 1. The first-order valence-electron chi connectivity index (χ1n) is 6.86. The Labute approximate surface area is 123 Å². The van der Waals surface area contributed by atoms with Crippen LogP contribution in [-0.2, 0) is 6.42 Å². The van der Waals surface area contributed by atoms with Gasteiger partial charge in [0.1, 0.15) is 0 Å². The molecule has 0 aliphatic rings. The first-order valence-corrected chi connectivity index (χ1v) is 7.68. The van der Waals surface area contributed by atoms with Crippen molar-refractivity contribution in [3.8, 4) is 0 Å². The number of aliphatic hydroxyl groups is 1.